The molecule has 1 unspecified atom stereocenters. The number of rotatable bonds is 7. The number of aromatic amines is 1. The lowest BCUT2D eigenvalue weighted by Gasteiger charge is -2.35. The van der Waals surface area contributed by atoms with E-state index in [0.29, 0.717) is 6.04 Å². The predicted octanol–water partition coefficient (Wildman–Crippen LogP) is 2.52. The molecule has 1 aromatic heterocycles. The lowest BCUT2D eigenvalue weighted by atomic mass is 10.1. The maximum Gasteiger partial charge on any atom is 0.191 e. The molecule has 2 aromatic rings. The van der Waals surface area contributed by atoms with E-state index in [2.05, 4.69) is 76.8 Å². The molecule has 3 rings (SSSR count). The molecule has 0 bridgehead atoms. The normalized spacial score (nSPS) is 17.3. The summed E-state index contributed by atoms with van der Waals surface area (Å²) < 4.78 is 0. The van der Waals surface area contributed by atoms with Crippen LogP contribution in [0.25, 0.3) is 10.9 Å². The molecule has 1 aromatic carbocycles. The number of aromatic nitrogens is 1. The largest absolute Gasteiger partial charge is 0.361 e. The minimum absolute atomic E-state index is 0. The van der Waals surface area contributed by atoms with Crippen LogP contribution in [0.5, 0.6) is 0 Å². The summed E-state index contributed by atoms with van der Waals surface area (Å²) in [5.41, 5.74) is 2.55. The highest BCUT2D eigenvalue weighted by molar-refractivity contribution is 14.0. The Morgan fingerprint density at radius 1 is 1.18 bits per heavy atom. The fraction of sp³-hybridized carbons (Fsp3) is 0.571. The molecule has 0 amide bonds. The third-order valence-electron chi connectivity index (χ3n) is 5.38. The van der Waals surface area contributed by atoms with Crippen LogP contribution in [-0.2, 0) is 6.42 Å². The van der Waals surface area contributed by atoms with Gasteiger partial charge in [-0.3, -0.25) is 9.89 Å². The van der Waals surface area contributed by atoms with E-state index >= 15 is 0 Å². The molecule has 0 aliphatic carbocycles. The van der Waals surface area contributed by atoms with E-state index in [1.807, 2.05) is 0 Å². The number of benzene rings is 1. The number of H-pyrrole nitrogens is 1. The zero-order valence-corrected chi connectivity index (χ0v) is 19.7. The first kappa shape index (κ1) is 23.0. The number of piperazine rings is 1. The van der Waals surface area contributed by atoms with E-state index in [1.54, 1.807) is 0 Å². The summed E-state index contributed by atoms with van der Waals surface area (Å²) >= 11 is 0. The zero-order valence-electron chi connectivity index (χ0n) is 17.4. The van der Waals surface area contributed by atoms with E-state index < -0.39 is 0 Å². The van der Waals surface area contributed by atoms with Crippen LogP contribution in [-0.4, -0.2) is 79.6 Å². The number of likely N-dealkylation sites (N-methyl/N-ethyl adjacent to an activating group) is 1. The van der Waals surface area contributed by atoms with Crippen LogP contribution in [0.1, 0.15) is 19.4 Å². The van der Waals surface area contributed by atoms with Gasteiger partial charge in [0.05, 0.1) is 6.54 Å². The molecule has 156 valence electrons. The Kier molecular flexibility index (Phi) is 9.53. The lowest BCUT2D eigenvalue weighted by Crippen LogP contribution is -2.49. The molecule has 28 heavy (non-hydrogen) atoms. The highest BCUT2D eigenvalue weighted by Gasteiger charge is 2.18. The number of guanidine groups is 1. The van der Waals surface area contributed by atoms with Crippen molar-refractivity contribution in [1.29, 1.82) is 0 Å². The predicted molar refractivity (Wildman–Crippen MR) is 130 cm³/mol. The Morgan fingerprint density at radius 3 is 2.68 bits per heavy atom. The first-order chi connectivity index (χ1) is 13.2. The van der Waals surface area contributed by atoms with Crippen LogP contribution in [0, 0.1) is 0 Å². The fourth-order valence-electron chi connectivity index (χ4n) is 3.60. The van der Waals surface area contributed by atoms with Gasteiger partial charge in [0.1, 0.15) is 0 Å². The second kappa shape index (κ2) is 11.6. The molecular weight excluding hydrogens is 463 g/mol. The van der Waals surface area contributed by atoms with Crippen LogP contribution in [0.2, 0.25) is 0 Å². The summed E-state index contributed by atoms with van der Waals surface area (Å²) in [6, 6.07) is 8.94. The molecule has 6 nitrogen and oxygen atoms in total. The van der Waals surface area contributed by atoms with Crippen LogP contribution in [0.3, 0.4) is 0 Å². The lowest BCUT2D eigenvalue weighted by molar-refractivity contribution is 0.122. The quantitative estimate of drug-likeness (QED) is 0.312. The van der Waals surface area contributed by atoms with Gasteiger partial charge < -0.3 is 20.5 Å². The van der Waals surface area contributed by atoms with Gasteiger partial charge in [-0.25, -0.2) is 0 Å². The summed E-state index contributed by atoms with van der Waals surface area (Å²) in [6.07, 6.45) is 3.09. The number of fused-ring (bicyclic) bond motifs is 1. The maximum absolute atomic E-state index is 4.82. The van der Waals surface area contributed by atoms with Gasteiger partial charge in [-0.2, -0.15) is 0 Å². The van der Waals surface area contributed by atoms with Crippen molar-refractivity contribution < 1.29 is 0 Å². The van der Waals surface area contributed by atoms with E-state index in [0.717, 1.165) is 58.2 Å². The molecule has 1 fully saturated rings. The van der Waals surface area contributed by atoms with Gasteiger partial charge in [0.15, 0.2) is 5.96 Å². The van der Waals surface area contributed by atoms with Crippen LogP contribution < -0.4 is 10.6 Å². The van der Waals surface area contributed by atoms with Gasteiger partial charge >= 0.3 is 0 Å². The summed E-state index contributed by atoms with van der Waals surface area (Å²) in [5, 5.41) is 8.17. The standard InChI is InChI=1S/C21H34N6.HI/c1-4-22-21(25-15-17(2)27-13-11-26(3)12-14-27)23-10-9-18-16-24-20-8-6-5-7-19(18)20;/h5-8,16-17,24H,4,9-15H2,1-3H3,(H2,22,23,25);1H. The molecule has 1 aliphatic rings. The molecule has 1 saturated heterocycles. The number of para-hydroxylation sites is 1. The number of nitrogens with zero attached hydrogens (tertiary/aromatic N) is 3. The molecule has 7 heteroatoms. The minimum Gasteiger partial charge on any atom is -0.361 e. The maximum atomic E-state index is 4.82. The Bertz CT molecular complexity index is 735. The summed E-state index contributed by atoms with van der Waals surface area (Å²) in [6.45, 7) is 11.5. The van der Waals surface area contributed by atoms with E-state index in [4.69, 9.17) is 4.99 Å². The second-order valence-electron chi connectivity index (χ2n) is 7.44. The van der Waals surface area contributed by atoms with Crippen molar-refractivity contribution in [2.24, 2.45) is 4.99 Å². The molecule has 0 radical (unpaired) electrons. The third-order valence-corrected chi connectivity index (χ3v) is 5.38. The second-order valence-corrected chi connectivity index (χ2v) is 7.44. The molecular formula is C21H35IN6. The number of nitrogens with one attached hydrogen (secondary N) is 3. The summed E-state index contributed by atoms with van der Waals surface area (Å²) in [5.74, 6) is 0.915. The van der Waals surface area contributed by atoms with Gasteiger partial charge in [0.2, 0.25) is 0 Å². The SMILES string of the molecule is CCNC(=NCC(C)N1CCN(C)CC1)NCCc1c[nH]c2ccccc12.I. The van der Waals surface area contributed by atoms with Crippen molar-refractivity contribution >= 4 is 40.8 Å². The molecule has 0 saturated carbocycles. The van der Waals surface area contributed by atoms with Crippen LogP contribution in [0.4, 0.5) is 0 Å². The van der Waals surface area contributed by atoms with Crippen molar-refractivity contribution in [1.82, 2.24) is 25.4 Å². The van der Waals surface area contributed by atoms with Crippen LogP contribution >= 0.6 is 24.0 Å². The van der Waals surface area contributed by atoms with E-state index in [1.165, 1.54) is 16.5 Å². The smallest absolute Gasteiger partial charge is 0.191 e. The molecule has 2 heterocycles. The molecule has 0 spiro atoms. The van der Waals surface area contributed by atoms with Crippen molar-refractivity contribution in [3.8, 4) is 0 Å². The molecule has 3 N–H and O–H groups in total. The van der Waals surface area contributed by atoms with Crippen molar-refractivity contribution in [3.63, 3.8) is 0 Å². The minimum atomic E-state index is 0. The Hall–Kier alpha value is -1.32. The Balaban J connectivity index is 0.00000280. The van der Waals surface area contributed by atoms with Crippen LogP contribution in [0.15, 0.2) is 35.5 Å². The molecule has 1 atom stereocenters. The topological polar surface area (TPSA) is 58.7 Å². The summed E-state index contributed by atoms with van der Waals surface area (Å²) in [7, 11) is 2.20. The molecule has 1 aliphatic heterocycles. The van der Waals surface area contributed by atoms with Gasteiger partial charge in [0.25, 0.3) is 0 Å². The van der Waals surface area contributed by atoms with Gasteiger partial charge in [-0.05, 0) is 38.9 Å². The van der Waals surface area contributed by atoms with E-state index in [-0.39, 0.29) is 24.0 Å². The Morgan fingerprint density at radius 2 is 1.93 bits per heavy atom. The highest BCUT2D eigenvalue weighted by Crippen LogP contribution is 2.17. The van der Waals surface area contributed by atoms with Crippen molar-refractivity contribution in [2.45, 2.75) is 26.3 Å². The average Bonchev–Trinajstić information content (AvgIpc) is 3.09. The first-order valence-electron chi connectivity index (χ1n) is 10.2. The average molecular weight is 498 g/mol. The zero-order chi connectivity index (χ0) is 19.1. The Labute approximate surface area is 186 Å². The summed E-state index contributed by atoms with van der Waals surface area (Å²) in [4.78, 5) is 13.1. The van der Waals surface area contributed by atoms with Gasteiger partial charge in [-0.15, -0.1) is 24.0 Å². The monoisotopic (exact) mass is 498 g/mol. The number of halogens is 1. The van der Waals surface area contributed by atoms with Crippen molar-refractivity contribution in [3.05, 3.63) is 36.0 Å². The fourth-order valence-corrected chi connectivity index (χ4v) is 3.60. The van der Waals surface area contributed by atoms with E-state index in [9.17, 15) is 0 Å². The number of hydrogen-bond acceptors (Lipinski definition) is 3. The highest BCUT2D eigenvalue weighted by atomic mass is 127. The third kappa shape index (κ3) is 6.35. The number of hydrogen-bond donors (Lipinski definition) is 3. The number of aliphatic imine (C=N–C) groups is 1. The first-order valence-corrected chi connectivity index (χ1v) is 10.2. The van der Waals surface area contributed by atoms with Gasteiger partial charge in [0, 0.05) is 62.4 Å². The van der Waals surface area contributed by atoms with Crippen molar-refractivity contribution in [2.75, 3.05) is 52.9 Å². The van der Waals surface area contributed by atoms with Gasteiger partial charge in [-0.1, -0.05) is 18.2 Å².